The van der Waals surface area contributed by atoms with E-state index in [9.17, 15) is 9.59 Å². The molecule has 8 unspecified atom stereocenters. The van der Waals surface area contributed by atoms with Crippen molar-refractivity contribution in [3.8, 4) is 0 Å². The molecule has 0 N–H and O–H groups in total. The molecule has 0 saturated heterocycles. The molecule has 4 rings (SSSR count). The van der Waals surface area contributed by atoms with Crippen LogP contribution in [0.15, 0.2) is 23.8 Å². The van der Waals surface area contributed by atoms with Gasteiger partial charge in [0.05, 0.1) is 0 Å². The Morgan fingerprint density at radius 1 is 1.13 bits per heavy atom. The van der Waals surface area contributed by atoms with E-state index in [1.54, 1.807) is 0 Å². The Hall–Kier alpha value is -1.18. The summed E-state index contributed by atoms with van der Waals surface area (Å²) in [4.78, 5) is 25.5. The van der Waals surface area contributed by atoms with Crippen molar-refractivity contribution in [3.05, 3.63) is 23.8 Å². The third-order valence-corrected chi connectivity index (χ3v) is 10.7. The molecule has 0 aliphatic heterocycles. The van der Waals surface area contributed by atoms with E-state index < -0.39 is 0 Å². The minimum atomic E-state index is 0.0767. The SMILES string of the molecule is C=C(C)C(CC)CCC(C)C1CCC2C3C(=O)C=C4CC(=O)CCC4(C)C3CCC12C. The van der Waals surface area contributed by atoms with Gasteiger partial charge >= 0.3 is 0 Å². The minimum absolute atomic E-state index is 0.0767. The fourth-order valence-electron chi connectivity index (χ4n) is 8.66. The van der Waals surface area contributed by atoms with Gasteiger partial charge in [0.15, 0.2) is 5.78 Å². The standard InChI is InChI=1S/C29H44O2/c1-7-20(18(2)3)9-8-19(4)23-10-11-24-27-25(13-15-29(23,24)6)28(5)14-12-22(30)16-21(28)17-26(27)31/h17,19-20,23-25,27H,2,7-16H2,1,3-6H3. The van der Waals surface area contributed by atoms with Crippen molar-refractivity contribution in [2.75, 3.05) is 0 Å². The number of ketones is 2. The van der Waals surface area contributed by atoms with Crippen molar-refractivity contribution >= 4 is 11.6 Å². The zero-order chi connectivity index (χ0) is 22.6. The number of Topliss-reactive ketones (excluding diaryl/α,β-unsaturated/α-hetero) is 1. The molecule has 4 aliphatic carbocycles. The lowest BCUT2D eigenvalue weighted by atomic mass is 9.46. The van der Waals surface area contributed by atoms with Crippen LogP contribution in [0.25, 0.3) is 0 Å². The number of hydrogen-bond donors (Lipinski definition) is 0. The van der Waals surface area contributed by atoms with Gasteiger partial charge in [-0.05, 0) is 105 Å². The van der Waals surface area contributed by atoms with Crippen molar-refractivity contribution in [2.24, 2.45) is 46.3 Å². The Morgan fingerprint density at radius 2 is 1.87 bits per heavy atom. The highest BCUT2D eigenvalue weighted by Crippen LogP contribution is 2.66. The van der Waals surface area contributed by atoms with E-state index in [-0.39, 0.29) is 11.3 Å². The Morgan fingerprint density at radius 3 is 2.55 bits per heavy atom. The summed E-state index contributed by atoms with van der Waals surface area (Å²) in [5.74, 6) is 3.95. The average Bonchev–Trinajstić information content (AvgIpc) is 3.06. The van der Waals surface area contributed by atoms with Crippen LogP contribution >= 0.6 is 0 Å². The maximum atomic E-state index is 13.4. The van der Waals surface area contributed by atoms with Crippen LogP contribution in [0.2, 0.25) is 0 Å². The van der Waals surface area contributed by atoms with Crippen LogP contribution in [-0.4, -0.2) is 11.6 Å². The molecule has 8 atom stereocenters. The average molecular weight is 425 g/mol. The molecule has 0 aromatic rings. The first-order valence-electron chi connectivity index (χ1n) is 13.0. The maximum Gasteiger partial charge on any atom is 0.159 e. The van der Waals surface area contributed by atoms with Gasteiger partial charge in [-0.2, -0.15) is 0 Å². The summed E-state index contributed by atoms with van der Waals surface area (Å²) < 4.78 is 0. The molecule has 0 bridgehead atoms. The monoisotopic (exact) mass is 424 g/mol. The zero-order valence-electron chi connectivity index (χ0n) is 20.6. The number of rotatable bonds is 6. The van der Waals surface area contributed by atoms with E-state index in [2.05, 4.69) is 41.2 Å². The number of carbonyl (C=O) groups excluding carboxylic acids is 2. The van der Waals surface area contributed by atoms with E-state index in [1.165, 1.54) is 44.1 Å². The van der Waals surface area contributed by atoms with Crippen molar-refractivity contribution < 1.29 is 9.59 Å². The third-order valence-electron chi connectivity index (χ3n) is 10.7. The Bertz CT molecular complexity index is 791. The lowest BCUT2D eigenvalue weighted by Crippen LogP contribution is -2.53. The van der Waals surface area contributed by atoms with Crippen LogP contribution in [0.3, 0.4) is 0 Å². The van der Waals surface area contributed by atoms with Crippen molar-refractivity contribution in [3.63, 3.8) is 0 Å². The summed E-state index contributed by atoms with van der Waals surface area (Å²) >= 11 is 0. The van der Waals surface area contributed by atoms with E-state index >= 15 is 0 Å². The van der Waals surface area contributed by atoms with Crippen LogP contribution in [0.5, 0.6) is 0 Å². The predicted octanol–water partition coefficient (Wildman–Crippen LogP) is 7.33. The molecule has 0 heterocycles. The van der Waals surface area contributed by atoms with Gasteiger partial charge in [0.25, 0.3) is 0 Å². The normalized spacial score (nSPS) is 41.6. The quantitative estimate of drug-likeness (QED) is 0.418. The van der Waals surface area contributed by atoms with Crippen LogP contribution in [-0.2, 0) is 9.59 Å². The molecule has 0 spiro atoms. The summed E-state index contributed by atoms with van der Waals surface area (Å²) in [6.07, 6.45) is 12.8. The van der Waals surface area contributed by atoms with Gasteiger partial charge < -0.3 is 0 Å². The topological polar surface area (TPSA) is 34.1 Å². The predicted molar refractivity (Wildman–Crippen MR) is 128 cm³/mol. The molecule has 0 aromatic heterocycles. The second-order valence-corrected chi connectivity index (χ2v) is 12.2. The fourth-order valence-corrected chi connectivity index (χ4v) is 8.66. The first-order valence-corrected chi connectivity index (χ1v) is 13.0. The highest BCUT2D eigenvalue weighted by molar-refractivity contribution is 5.96. The smallest absolute Gasteiger partial charge is 0.159 e. The summed E-state index contributed by atoms with van der Waals surface area (Å²) in [5, 5.41) is 0. The second kappa shape index (κ2) is 8.31. The van der Waals surface area contributed by atoms with E-state index in [0.29, 0.717) is 53.5 Å². The van der Waals surface area contributed by atoms with Crippen molar-refractivity contribution in [2.45, 2.75) is 98.8 Å². The first kappa shape index (κ1) is 23.0. The molecule has 0 radical (unpaired) electrons. The van der Waals surface area contributed by atoms with Crippen molar-refractivity contribution in [1.29, 1.82) is 0 Å². The molecule has 2 nitrogen and oxygen atoms in total. The van der Waals surface area contributed by atoms with Gasteiger partial charge in [-0.3, -0.25) is 9.59 Å². The number of allylic oxidation sites excluding steroid dienone is 3. The molecule has 31 heavy (non-hydrogen) atoms. The van der Waals surface area contributed by atoms with E-state index in [0.717, 1.165) is 24.3 Å². The Kier molecular flexibility index (Phi) is 6.16. The lowest BCUT2D eigenvalue weighted by molar-refractivity contribution is -0.135. The van der Waals surface area contributed by atoms with Gasteiger partial charge in [-0.15, -0.1) is 0 Å². The second-order valence-electron chi connectivity index (χ2n) is 12.2. The number of carbonyl (C=O) groups is 2. The van der Waals surface area contributed by atoms with Crippen LogP contribution in [0.1, 0.15) is 98.8 Å². The Labute approximate surface area is 190 Å². The van der Waals surface area contributed by atoms with E-state index in [4.69, 9.17) is 0 Å². The zero-order valence-corrected chi connectivity index (χ0v) is 20.6. The number of fused-ring (bicyclic) bond motifs is 5. The maximum absolute atomic E-state index is 13.4. The summed E-state index contributed by atoms with van der Waals surface area (Å²) in [6, 6.07) is 0. The van der Waals surface area contributed by atoms with Crippen molar-refractivity contribution in [1.82, 2.24) is 0 Å². The lowest BCUT2D eigenvalue weighted by Gasteiger charge is -2.57. The molecule has 4 aliphatic rings. The van der Waals surface area contributed by atoms with Crippen LogP contribution in [0.4, 0.5) is 0 Å². The molecule has 3 saturated carbocycles. The van der Waals surface area contributed by atoms with Gasteiger partial charge in [0.1, 0.15) is 5.78 Å². The highest BCUT2D eigenvalue weighted by Gasteiger charge is 2.61. The Balaban J connectivity index is 1.54. The van der Waals surface area contributed by atoms with Gasteiger partial charge in [-0.1, -0.05) is 45.4 Å². The molecular formula is C29H44O2. The largest absolute Gasteiger partial charge is 0.299 e. The minimum Gasteiger partial charge on any atom is -0.299 e. The molecular weight excluding hydrogens is 380 g/mol. The fraction of sp³-hybridized carbons (Fsp3) is 0.793. The number of hydrogen-bond acceptors (Lipinski definition) is 2. The molecule has 3 fully saturated rings. The summed E-state index contributed by atoms with van der Waals surface area (Å²) in [7, 11) is 0. The first-order chi connectivity index (χ1) is 14.6. The third kappa shape index (κ3) is 3.70. The molecule has 0 aromatic carbocycles. The van der Waals surface area contributed by atoms with Crippen LogP contribution < -0.4 is 0 Å². The molecule has 2 heteroatoms. The van der Waals surface area contributed by atoms with E-state index in [1.807, 2.05) is 6.08 Å². The van der Waals surface area contributed by atoms with Gasteiger partial charge in [-0.25, -0.2) is 0 Å². The molecule has 172 valence electrons. The molecule has 0 amide bonds. The highest BCUT2D eigenvalue weighted by atomic mass is 16.1. The van der Waals surface area contributed by atoms with Crippen LogP contribution in [0, 0.1) is 46.3 Å². The van der Waals surface area contributed by atoms with Gasteiger partial charge in [0.2, 0.25) is 0 Å². The van der Waals surface area contributed by atoms with Gasteiger partial charge in [0, 0.05) is 18.8 Å². The summed E-state index contributed by atoms with van der Waals surface area (Å²) in [6.45, 7) is 16.1. The summed E-state index contributed by atoms with van der Waals surface area (Å²) in [5.41, 5.74) is 2.87.